The molecule has 0 unspecified atom stereocenters. The lowest BCUT2D eigenvalue weighted by Gasteiger charge is -2.44. The number of aromatic nitrogens is 4. The fourth-order valence-corrected chi connectivity index (χ4v) is 6.73. The topological polar surface area (TPSA) is 94.8 Å². The molecule has 5 rings (SSSR count). The van der Waals surface area contributed by atoms with E-state index in [0.717, 1.165) is 57.1 Å². The summed E-state index contributed by atoms with van der Waals surface area (Å²) in [5.41, 5.74) is 6.50. The van der Waals surface area contributed by atoms with E-state index >= 15 is 0 Å². The van der Waals surface area contributed by atoms with Crippen LogP contribution in [0.4, 0.5) is 10.6 Å². The van der Waals surface area contributed by atoms with Crippen molar-refractivity contribution in [2.45, 2.75) is 98.4 Å². The van der Waals surface area contributed by atoms with Crippen LogP contribution in [-0.4, -0.2) is 83.3 Å². The number of carbonyl (C=O) groups excluding carboxylic acids is 1. The first-order valence-electron chi connectivity index (χ1n) is 16.1. The van der Waals surface area contributed by atoms with E-state index in [0.29, 0.717) is 39.6 Å². The van der Waals surface area contributed by atoms with E-state index in [2.05, 4.69) is 61.6 Å². The smallest absolute Gasteiger partial charge is 0.410 e. The zero-order valence-corrected chi connectivity index (χ0v) is 29.7. The summed E-state index contributed by atoms with van der Waals surface area (Å²) in [5.74, 6) is 1.74. The number of hydrogen-bond donors (Lipinski definition) is 0. The molecule has 0 bridgehead atoms. The number of rotatable bonds is 8. The molecule has 11 heteroatoms. The normalized spacial score (nSPS) is 16.8. The Labute approximate surface area is 269 Å². The third kappa shape index (κ3) is 7.69. The Hall–Kier alpha value is -3.44. The zero-order valence-electron chi connectivity index (χ0n) is 28.7. The Morgan fingerprint density at radius 2 is 1.80 bits per heavy atom. The highest BCUT2D eigenvalue weighted by Gasteiger charge is 2.37. The Balaban J connectivity index is 1.47. The summed E-state index contributed by atoms with van der Waals surface area (Å²) in [4.78, 5) is 26.3. The number of ether oxygens (including phenoxy) is 3. The highest BCUT2D eigenvalue weighted by Crippen LogP contribution is 2.41. The second kappa shape index (κ2) is 12.7. The average molecular weight is 635 g/mol. The summed E-state index contributed by atoms with van der Waals surface area (Å²) < 4.78 is 20.2. The first-order valence-corrected chi connectivity index (χ1v) is 19.8. The number of carbonyl (C=O) groups is 1. The number of anilines is 1. The number of fused-ring (bicyclic) bond motifs is 3. The molecule has 0 saturated carbocycles. The molecular weight excluding hydrogens is 584 g/mol. The summed E-state index contributed by atoms with van der Waals surface area (Å²) in [6.07, 6.45) is 1.62. The van der Waals surface area contributed by atoms with Gasteiger partial charge >= 0.3 is 6.09 Å². The highest BCUT2D eigenvalue weighted by atomic mass is 28.3. The third-order valence-electron chi connectivity index (χ3n) is 8.08. The van der Waals surface area contributed by atoms with Crippen molar-refractivity contribution in [2.75, 3.05) is 37.7 Å². The van der Waals surface area contributed by atoms with Gasteiger partial charge in [0, 0.05) is 68.6 Å². The summed E-state index contributed by atoms with van der Waals surface area (Å²) >= 11 is 0. The minimum atomic E-state index is -1.22. The molecule has 3 aromatic rings. The highest BCUT2D eigenvalue weighted by molar-refractivity contribution is 6.76. The third-order valence-corrected chi connectivity index (χ3v) is 9.78. The molecule has 0 aromatic carbocycles. The molecule has 45 heavy (non-hydrogen) atoms. The van der Waals surface area contributed by atoms with Gasteiger partial charge in [-0.1, -0.05) is 33.5 Å². The second-order valence-corrected chi connectivity index (χ2v) is 20.5. The van der Waals surface area contributed by atoms with Gasteiger partial charge in [-0.15, -0.1) is 0 Å². The number of hydrogen-bond acceptors (Lipinski definition) is 8. The van der Waals surface area contributed by atoms with E-state index in [-0.39, 0.29) is 18.1 Å². The van der Waals surface area contributed by atoms with Gasteiger partial charge in [0.25, 0.3) is 0 Å². The maximum Gasteiger partial charge on any atom is 0.410 e. The van der Waals surface area contributed by atoms with Crippen molar-refractivity contribution in [1.29, 1.82) is 0 Å². The van der Waals surface area contributed by atoms with E-state index in [4.69, 9.17) is 24.3 Å². The fraction of sp³-hybridized carbons (Fsp3) is 0.588. The van der Waals surface area contributed by atoms with Crippen LogP contribution in [0.2, 0.25) is 25.7 Å². The largest absolute Gasteiger partial charge is 0.487 e. The quantitative estimate of drug-likeness (QED) is 0.196. The van der Waals surface area contributed by atoms with Gasteiger partial charge in [-0.05, 0) is 64.8 Å². The Morgan fingerprint density at radius 3 is 2.44 bits per heavy atom. The zero-order chi connectivity index (χ0) is 32.7. The lowest BCUT2D eigenvalue weighted by molar-refractivity contribution is 0.0194. The van der Waals surface area contributed by atoms with Crippen LogP contribution < -0.4 is 9.64 Å². The summed E-state index contributed by atoms with van der Waals surface area (Å²) in [5, 5.41) is 5.18. The Bertz CT molecular complexity index is 1520. The van der Waals surface area contributed by atoms with Crippen LogP contribution in [0.15, 0.2) is 24.4 Å². The van der Waals surface area contributed by atoms with E-state index in [9.17, 15) is 4.79 Å². The van der Waals surface area contributed by atoms with E-state index in [1.54, 1.807) is 4.90 Å². The van der Waals surface area contributed by atoms with Gasteiger partial charge in [0.1, 0.15) is 18.9 Å². The molecule has 3 aromatic heterocycles. The molecule has 0 aliphatic carbocycles. The summed E-state index contributed by atoms with van der Waals surface area (Å²) in [7, 11) is -1.22. The lowest BCUT2D eigenvalue weighted by atomic mass is 9.94. The minimum absolute atomic E-state index is 0.0145. The lowest BCUT2D eigenvalue weighted by Crippen LogP contribution is -2.59. The molecule has 0 N–H and O–H groups in total. The molecule has 1 fully saturated rings. The van der Waals surface area contributed by atoms with Crippen molar-refractivity contribution in [2.24, 2.45) is 0 Å². The van der Waals surface area contributed by atoms with Gasteiger partial charge in [0.2, 0.25) is 0 Å². The molecular formula is C34H50N6O4Si. The number of pyridine rings is 2. The molecule has 1 saturated heterocycles. The van der Waals surface area contributed by atoms with Crippen LogP contribution in [0.5, 0.6) is 5.75 Å². The molecule has 244 valence electrons. The first-order chi connectivity index (χ1) is 21.1. The van der Waals surface area contributed by atoms with Crippen molar-refractivity contribution in [3.63, 3.8) is 0 Å². The summed E-state index contributed by atoms with van der Waals surface area (Å²) in [6, 6.07) is 7.43. The summed E-state index contributed by atoms with van der Waals surface area (Å²) in [6.45, 7) is 24.6. The molecule has 10 nitrogen and oxygen atoms in total. The average Bonchev–Trinajstić information content (AvgIpc) is 3.32. The Kier molecular flexibility index (Phi) is 9.33. The molecule has 5 heterocycles. The molecule has 1 amide bonds. The number of piperazine rings is 1. The second-order valence-electron chi connectivity index (χ2n) is 14.9. The van der Waals surface area contributed by atoms with E-state index in [1.807, 2.05) is 45.5 Å². The van der Waals surface area contributed by atoms with Crippen molar-refractivity contribution in [1.82, 2.24) is 24.6 Å². The maximum absolute atomic E-state index is 12.7. The fourth-order valence-electron chi connectivity index (χ4n) is 5.98. The predicted octanol–water partition coefficient (Wildman–Crippen LogP) is 6.88. The van der Waals surface area contributed by atoms with Crippen LogP contribution >= 0.6 is 0 Å². The van der Waals surface area contributed by atoms with Crippen LogP contribution in [0, 0.1) is 13.8 Å². The minimum Gasteiger partial charge on any atom is -0.487 e. The van der Waals surface area contributed by atoms with Gasteiger partial charge < -0.3 is 24.0 Å². The molecule has 1 atom stereocenters. The van der Waals surface area contributed by atoms with Crippen molar-refractivity contribution in [3.05, 3.63) is 41.3 Å². The predicted molar refractivity (Wildman–Crippen MR) is 181 cm³/mol. The first kappa shape index (κ1) is 32.9. The Morgan fingerprint density at radius 1 is 1.09 bits per heavy atom. The molecule has 2 aliphatic heterocycles. The van der Waals surface area contributed by atoms with Gasteiger partial charge in [0.15, 0.2) is 11.6 Å². The van der Waals surface area contributed by atoms with Crippen LogP contribution in [-0.2, 0) is 16.2 Å². The van der Waals surface area contributed by atoms with Gasteiger partial charge in [-0.25, -0.2) is 14.5 Å². The van der Waals surface area contributed by atoms with Crippen LogP contribution in [0.1, 0.15) is 57.5 Å². The van der Waals surface area contributed by atoms with Gasteiger partial charge in [-0.2, -0.15) is 5.10 Å². The van der Waals surface area contributed by atoms with Crippen molar-refractivity contribution >= 4 is 20.0 Å². The standard InChI is InChI=1S/C34H50N6O4Si/c1-22(2)29-30(37-40(21-42-13-14-45(8,9)10)31(29)25-15-23(3)36-24(4)16-25)26-17-28-32(35-18-26)39-12-11-38(19-27(39)20-43-28)33(41)44-34(5,6)7/h15-18,22,27H,11-14,19-21H2,1-10H3/t27-/m1/s1. The molecule has 2 aliphatic rings. The molecule has 0 spiro atoms. The molecule has 0 radical (unpaired) electrons. The van der Waals surface area contributed by atoms with Crippen molar-refractivity contribution in [3.8, 4) is 28.3 Å². The SMILES string of the molecule is Cc1cc(-c2c(C(C)C)c(-c3cnc4c(c3)OC[C@H]3CN(C(=O)OC(C)(C)C)CCN43)nn2COCC[Si](C)(C)C)cc(C)n1. The van der Waals surface area contributed by atoms with E-state index in [1.165, 1.54) is 0 Å². The monoisotopic (exact) mass is 634 g/mol. The van der Waals surface area contributed by atoms with Crippen molar-refractivity contribution < 1.29 is 19.0 Å². The van der Waals surface area contributed by atoms with Crippen LogP contribution in [0.25, 0.3) is 22.5 Å². The maximum atomic E-state index is 12.7. The van der Waals surface area contributed by atoms with E-state index < -0.39 is 13.7 Å². The number of aryl methyl sites for hydroxylation is 2. The number of nitrogens with zero attached hydrogens (tertiary/aromatic N) is 6. The van der Waals surface area contributed by atoms with Gasteiger partial charge in [-0.3, -0.25) is 4.98 Å². The van der Waals surface area contributed by atoms with Crippen LogP contribution in [0.3, 0.4) is 0 Å². The van der Waals surface area contributed by atoms with Gasteiger partial charge in [0.05, 0.1) is 17.4 Å². The number of amides is 1.